The molecule has 30 heavy (non-hydrogen) atoms. The Hall–Kier alpha value is -2.90. The van der Waals surface area contributed by atoms with Crippen LogP contribution in [0.3, 0.4) is 0 Å². The molecule has 4 aromatic rings. The number of anilines is 1. The SMILES string of the molecule is COc1ccc2nc(N(Cc3cccnc3)C(=O)CSc3ccc(C)cc3)sc2c1. The largest absolute Gasteiger partial charge is 0.497 e. The molecular formula is C23H21N3O2S2. The van der Waals surface area contributed by atoms with Crippen LogP contribution in [-0.2, 0) is 11.3 Å². The van der Waals surface area contributed by atoms with Crippen LogP contribution in [0.1, 0.15) is 11.1 Å². The van der Waals surface area contributed by atoms with Gasteiger partial charge in [0.1, 0.15) is 5.75 Å². The van der Waals surface area contributed by atoms with Crippen LogP contribution in [0.25, 0.3) is 10.2 Å². The number of nitrogens with zero attached hydrogens (tertiary/aromatic N) is 3. The molecule has 0 aliphatic carbocycles. The van der Waals surface area contributed by atoms with Crippen LogP contribution in [0.4, 0.5) is 5.13 Å². The Kier molecular flexibility index (Phi) is 6.30. The summed E-state index contributed by atoms with van der Waals surface area (Å²) in [6, 6.07) is 17.8. The second-order valence-electron chi connectivity index (χ2n) is 6.77. The third-order valence-electron chi connectivity index (χ3n) is 4.56. The van der Waals surface area contributed by atoms with Crippen LogP contribution in [0, 0.1) is 6.92 Å². The molecule has 0 bridgehead atoms. The first-order chi connectivity index (χ1) is 14.6. The number of hydrogen-bond donors (Lipinski definition) is 0. The van der Waals surface area contributed by atoms with Crippen LogP contribution < -0.4 is 9.64 Å². The molecule has 0 spiro atoms. The zero-order valence-corrected chi connectivity index (χ0v) is 18.4. The second kappa shape index (κ2) is 9.28. The van der Waals surface area contributed by atoms with Crippen molar-refractivity contribution in [1.29, 1.82) is 0 Å². The van der Waals surface area contributed by atoms with Crippen molar-refractivity contribution in [2.75, 3.05) is 17.8 Å². The Morgan fingerprint density at radius 2 is 2.00 bits per heavy atom. The van der Waals surface area contributed by atoms with E-state index >= 15 is 0 Å². The highest BCUT2D eigenvalue weighted by molar-refractivity contribution is 8.00. The van der Waals surface area contributed by atoms with Crippen molar-refractivity contribution < 1.29 is 9.53 Å². The fourth-order valence-electron chi connectivity index (χ4n) is 2.93. The molecule has 0 fully saturated rings. The van der Waals surface area contributed by atoms with Gasteiger partial charge in [0.25, 0.3) is 0 Å². The number of benzene rings is 2. The Morgan fingerprint density at radius 1 is 1.17 bits per heavy atom. The normalized spacial score (nSPS) is 10.9. The lowest BCUT2D eigenvalue weighted by Crippen LogP contribution is -2.31. The smallest absolute Gasteiger partial charge is 0.239 e. The molecule has 0 atom stereocenters. The lowest BCUT2D eigenvalue weighted by molar-refractivity contribution is -0.116. The number of thiazole rings is 1. The fraction of sp³-hybridized carbons (Fsp3) is 0.174. The van der Waals surface area contributed by atoms with E-state index in [0.29, 0.717) is 17.4 Å². The number of fused-ring (bicyclic) bond motifs is 1. The van der Waals surface area contributed by atoms with E-state index in [-0.39, 0.29) is 5.91 Å². The van der Waals surface area contributed by atoms with E-state index < -0.39 is 0 Å². The van der Waals surface area contributed by atoms with Crippen molar-refractivity contribution in [2.45, 2.75) is 18.4 Å². The quantitative estimate of drug-likeness (QED) is 0.367. The molecule has 2 heterocycles. The lowest BCUT2D eigenvalue weighted by atomic mass is 10.2. The van der Waals surface area contributed by atoms with Crippen molar-refractivity contribution in [3.05, 3.63) is 78.1 Å². The Labute approximate surface area is 183 Å². The molecule has 0 aliphatic heterocycles. The van der Waals surface area contributed by atoms with E-state index in [2.05, 4.69) is 24.0 Å². The van der Waals surface area contributed by atoms with Crippen molar-refractivity contribution in [3.63, 3.8) is 0 Å². The van der Waals surface area contributed by atoms with Crippen LogP contribution in [0.15, 0.2) is 71.9 Å². The first kappa shape index (κ1) is 20.4. The molecule has 2 aromatic heterocycles. The zero-order chi connectivity index (χ0) is 20.9. The number of aromatic nitrogens is 2. The fourth-order valence-corrected chi connectivity index (χ4v) is 4.71. The van der Waals surface area contributed by atoms with Gasteiger partial charge in [0, 0.05) is 17.3 Å². The summed E-state index contributed by atoms with van der Waals surface area (Å²) in [7, 11) is 1.64. The standard InChI is InChI=1S/C23H21N3O2S2/c1-16-5-8-19(9-6-16)29-15-22(27)26(14-17-4-3-11-24-13-17)23-25-20-10-7-18(28-2)12-21(20)30-23/h3-13H,14-15H2,1-2H3. The van der Waals surface area contributed by atoms with E-state index in [1.54, 1.807) is 24.4 Å². The van der Waals surface area contributed by atoms with Gasteiger partial charge in [-0.15, -0.1) is 11.8 Å². The maximum atomic E-state index is 13.2. The van der Waals surface area contributed by atoms with Crippen molar-refractivity contribution in [3.8, 4) is 5.75 Å². The minimum atomic E-state index is 0.00968. The average molecular weight is 436 g/mol. The number of thioether (sulfide) groups is 1. The maximum Gasteiger partial charge on any atom is 0.239 e. The van der Waals surface area contributed by atoms with E-state index in [4.69, 9.17) is 9.72 Å². The van der Waals surface area contributed by atoms with Gasteiger partial charge in [0.05, 0.1) is 29.6 Å². The highest BCUT2D eigenvalue weighted by Gasteiger charge is 2.21. The van der Waals surface area contributed by atoms with Gasteiger partial charge in [-0.25, -0.2) is 4.98 Å². The van der Waals surface area contributed by atoms with Gasteiger partial charge in [-0.2, -0.15) is 0 Å². The Morgan fingerprint density at radius 3 is 2.73 bits per heavy atom. The van der Waals surface area contributed by atoms with Gasteiger partial charge in [0.15, 0.2) is 5.13 Å². The molecule has 1 amide bonds. The molecule has 0 saturated heterocycles. The third-order valence-corrected chi connectivity index (χ3v) is 6.60. The summed E-state index contributed by atoms with van der Waals surface area (Å²) in [5.74, 6) is 1.12. The van der Waals surface area contributed by atoms with Gasteiger partial charge in [-0.1, -0.05) is 35.1 Å². The minimum Gasteiger partial charge on any atom is -0.497 e. The van der Waals surface area contributed by atoms with Crippen LogP contribution in [-0.4, -0.2) is 28.7 Å². The number of rotatable bonds is 7. The average Bonchev–Trinajstić information content (AvgIpc) is 3.20. The van der Waals surface area contributed by atoms with Gasteiger partial charge >= 0.3 is 0 Å². The summed E-state index contributed by atoms with van der Waals surface area (Å²) < 4.78 is 6.30. The monoisotopic (exact) mass is 435 g/mol. The summed E-state index contributed by atoms with van der Waals surface area (Å²) in [6.45, 7) is 2.48. The van der Waals surface area contributed by atoms with Crippen molar-refractivity contribution in [1.82, 2.24) is 9.97 Å². The van der Waals surface area contributed by atoms with E-state index in [1.807, 2.05) is 42.5 Å². The number of methoxy groups -OCH3 is 1. The van der Waals surface area contributed by atoms with Crippen LogP contribution >= 0.6 is 23.1 Å². The number of carbonyl (C=O) groups excluding carboxylic acids is 1. The molecule has 2 aromatic carbocycles. The van der Waals surface area contributed by atoms with Crippen LogP contribution in [0.5, 0.6) is 5.75 Å². The number of aryl methyl sites for hydroxylation is 1. The minimum absolute atomic E-state index is 0.00968. The van der Waals surface area contributed by atoms with E-state index in [9.17, 15) is 4.79 Å². The summed E-state index contributed by atoms with van der Waals surface area (Å²) in [5.41, 5.74) is 3.02. The van der Waals surface area contributed by atoms with Crippen LogP contribution in [0.2, 0.25) is 0 Å². The first-order valence-electron chi connectivity index (χ1n) is 9.46. The molecule has 0 N–H and O–H groups in total. The zero-order valence-electron chi connectivity index (χ0n) is 16.7. The molecule has 0 saturated carbocycles. The number of carbonyl (C=O) groups is 1. The summed E-state index contributed by atoms with van der Waals surface area (Å²) in [5, 5.41) is 0.677. The molecule has 0 unspecified atom stereocenters. The van der Waals surface area contributed by atoms with Crippen molar-refractivity contribution >= 4 is 44.4 Å². The lowest BCUT2D eigenvalue weighted by Gasteiger charge is -2.19. The van der Waals surface area contributed by atoms with Crippen molar-refractivity contribution in [2.24, 2.45) is 0 Å². The Balaban J connectivity index is 1.60. The first-order valence-corrected chi connectivity index (χ1v) is 11.3. The number of amides is 1. The third kappa shape index (κ3) is 4.80. The Bertz CT molecular complexity index is 1140. The number of ether oxygens (including phenoxy) is 1. The summed E-state index contributed by atoms with van der Waals surface area (Å²) >= 11 is 3.02. The van der Waals surface area contributed by atoms with Gasteiger partial charge in [-0.05, 0) is 48.9 Å². The summed E-state index contributed by atoms with van der Waals surface area (Å²) in [6.07, 6.45) is 3.51. The number of pyridine rings is 1. The van der Waals surface area contributed by atoms with Gasteiger partial charge in [-0.3, -0.25) is 14.7 Å². The highest BCUT2D eigenvalue weighted by atomic mass is 32.2. The van der Waals surface area contributed by atoms with Gasteiger partial charge in [0.2, 0.25) is 5.91 Å². The molecule has 4 rings (SSSR count). The molecule has 152 valence electrons. The highest BCUT2D eigenvalue weighted by Crippen LogP contribution is 2.33. The van der Waals surface area contributed by atoms with E-state index in [1.165, 1.54) is 28.7 Å². The predicted molar refractivity (Wildman–Crippen MR) is 124 cm³/mol. The molecule has 0 radical (unpaired) electrons. The second-order valence-corrected chi connectivity index (χ2v) is 8.83. The number of hydrogen-bond acceptors (Lipinski definition) is 6. The molecule has 5 nitrogen and oxygen atoms in total. The van der Waals surface area contributed by atoms with Gasteiger partial charge < -0.3 is 4.74 Å². The summed E-state index contributed by atoms with van der Waals surface area (Å²) in [4.78, 5) is 24.9. The predicted octanol–water partition coefficient (Wildman–Crippen LogP) is 5.33. The topological polar surface area (TPSA) is 55.3 Å². The molecule has 7 heteroatoms. The maximum absolute atomic E-state index is 13.2. The molecular weight excluding hydrogens is 414 g/mol. The molecule has 0 aliphatic rings. The van der Waals surface area contributed by atoms with E-state index in [0.717, 1.165) is 26.4 Å².